The van der Waals surface area contributed by atoms with Crippen LogP contribution in [0.1, 0.15) is 24.8 Å². The minimum absolute atomic E-state index is 0.0381. The molecule has 3 amide bonds. The van der Waals surface area contributed by atoms with Gasteiger partial charge in [-0.25, -0.2) is 9.18 Å². The molecular weight excluding hydrogens is 328 g/mol. The van der Waals surface area contributed by atoms with Gasteiger partial charge in [0.1, 0.15) is 11.4 Å². The summed E-state index contributed by atoms with van der Waals surface area (Å²) in [5.41, 5.74) is -0.414. The van der Waals surface area contributed by atoms with Crippen molar-refractivity contribution in [2.24, 2.45) is 5.92 Å². The van der Waals surface area contributed by atoms with Crippen molar-refractivity contribution in [3.63, 3.8) is 0 Å². The van der Waals surface area contributed by atoms with Gasteiger partial charge >= 0.3 is 6.03 Å². The molecule has 2 heterocycles. The van der Waals surface area contributed by atoms with E-state index in [9.17, 15) is 18.4 Å². The summed E-state index contributed by atoms with van der Waals surface area (Å²) in [6, 6.07) is 5.63. The highest BCUT2D eigenvalue weighted by Gasteiger charge is 2.55. The number of urea groups is 1. The number of nitrogens with one attached hydrogen (secondary N) is 2. The van der Waals surface area contributed by atoms with E-state index in [1.807, 2.05) is 0 Å². The van der Waals surface area contributed by atoms with E-state index < -0.39 is 18.2 Å². The Morgan fingerprint density at radius 2 is 2.00 bits per heavy atom. The van der Waals surface area contributed by atoms with Crippen LogP contribution in [-0.4, -0.2) is 48.7 Å². The number of amides is 3. The minimum atomic E-state index is -1.08. The van der Waals surface area contributed by atoms with Crippen LogP contribution in [-0.2, 0) is 11.2 Å². The molecule has 5 nitrogen and oxygen atoms in total. The number of carbonyl (C=O) groups excluding carboxylic acids is 2. The maximum absolute atomic E-state index is 13.6. The number of imide groups is 1. The van der Waals surface area contributed by atoms with Crippen molar-refractivity contribution in [1.29, 1.82) is 0 Å². The number of nitrogens with zero attached hydrogens (tertiary/aromatic N) is 1. The number of halogens is 2. The lowest BCUT2D eigenvalue weighted by molar-refractivity contribution is -0.133. The first-order chi connectivity index (χ1) is 12.1. The number of benzene rings is 1. The van der Waals surface area contributed by atoms with Gasteiger partial charge in [0.05, 0.1) is 6.67 Å². The van der Waals surface area contributed by atoms with E-state index in [-0.39, 0.29) is 37.0 Å². The molecule has 2 aliphatic rings. The number of hydrogen-bond donors (Lipinski definition) is 2. The van der Waals surface area contributed by atoms with Crippen molar-refractivity contribution >= 4 is 11.9 Å². The molecule has 0 bridgehead atoms. The maximum atomic E-state index is 13.6. The average Bonchev–Trinajstić information content (AvgIpc) is 2.85. The van der Waals surface area contributed by atoms with E-state index in [1.54, 1.807) is 12.1 Å². The zero-order chi connectivity index (χ0) is 17.9. The predicted molar refractivity (Wildman–Crippen MR) is 89.3 cm³/mol. The lowest BCUT2D eigenvalue weighted by Gasteiger charge is -2.38. The monoisotopic (exact) mass is 351 g/mol. The summed E-state index contributed by atoms with van der Waals surface area (Å²) >= 11 is 0. The van der Waals surface area contributed by atoms with Crippen molar-refractivity contribution in [2.75, 3.05) is 26.3 Å². The molecule has 0 radical (unpaired) electrons. The average molecular weight is 351 g/mol. The van der Waals surface area contributed by atoms with Gasteiger partial charge < -0.3 is 10.6 Å². The minimum Gasteiger partial charge on any atom is -0.322 e. The van der Waals surface area contributed by atoms with Gasteiger partial charge in [-0.05, 0) is 56.0 Å². The van der Waals surface area contributed by atoms with Crippen LogP contribution in [0.2, 0.25) is 0 Å². The van der Waals surface area contributed by atoms with E-state index in [0.717, 1.165) is 30.8 Å². The Morgan fingerprint density at radius 1 is 1.24 bits per heavy atom. The normalized spacial score (nSPS) is 24.6. The Labute approximate surface area is 145 Å². The smallest absolute Gasteiger partial charge is 0.322 e. The van der Waals surface area contributed by atoms with Gasteiger partial charge in [-0.2, -0.15) is 0 Å². The van der Waals surface area contributed by atoms with Gasteiger partial charge in [-0.15, -0.1) is 0 Å². The van der Waals surface area contributed by atoms with Crippen LogP contribution in [0.25, 0.3) is 0 Å². The van der Waals surface area contributed by atoms with E-state index in [0.29, 0.717) is 5.56 Å². The fourth-order valence-corrected chi connectivity index (χ4v) is 3.89. The molecule has 1 aromatic carbocycles. The van der Waals surface area contributed by atoms with E-state index in [1.165, 1.54) is 12.1 Å². The van der Waals surface area contributed by atoms with E-state index in [2.05, 4.69) is 10.6 Å². The van der Waals surface area contributed by atoms with Crippen LogP contribution in [0.15, 0.2) is 24.3 Å². The SMILES string of the molecule is O=C1N[C@](Cc2cccc(F)c2)(C2CCNCC2)C(=O)N1CCCF. The molecule has 2 saturated heterocycles. The number of rotatable bonds is 6. The van der Waals surface area contributed by atoms with Crippen LogP contribution < -0.4 is 10.6 Å². The van der Waals surface area contributed by atoms with Crippen molar-refractivity contribution in [2.45, 2.75) is 31.2 Å². The second-order valence-corrected chi connectivity index (χ2v) is 6.73. The van der Waals surface area contributed by atoms with Gasteiger partial charge in [0.2, 0.25) is 0 Å². The van der Waals surface area contributed by atoms with Crippen LogP contribution in [0.5, 0.6) is 0 Å². The zero-order valence-corrected chi connectivity index (χ0v) is 14.1. The molecule has 7 heteroatoms. The van der Waals surface area contributed by atoms with Gasteiger partial charge in [-0.3, -0.25) is 14.1 Å². The summed E-state index contributed by atoms with van der Waals surface area (Å²) in [6.07, 6.45) is 1.87. The Kier molecular flexibility index (Phi) is 5.32. The van der Waals surface area contributed by atoms with Gasteiger partial charge in [0.25, 0.3) is 5.91 Å². The Morgan fingerprint density at radius 3 is 2.68 bits per heavy atom. The van der Waals surface area contributed by atoms with Gasteiger partial charge in [0, 0.05) is 13.0 Å². The number of carbonyl (C=O) groups is 2. The van der Waals surface area contributed by atoms with Crippen LogP contribution in [0.4, 0.5) is 13.6 Å². The Hall–Kier alpha value is -2.02. The third-order valence-corrected chi connectivity index (χ3v) is 5.13. The van der Waals surface area contributed by atoms with Gasteiger partial charge in [0.15, 0.2) is 0 Å². The summed E-state index contributed by atoms with van der Waals surface area (Å²) in [4.78, 5) is 26.6. The first-order valence-corrected chi connectivity index (χ1v) is 8.72. The van der Waals surface area contributed by atoms with Gasteiger partial charge in [-0.1, -0.05) is 12.1 Å². The molecule has 136 valence electrons. The Bertz CT molecular complexity index is 649. The highest BCUT2D eigenvalue weighted by Crippen LogP contribution is 2.35. The van der Waals surface area contributed by atoms with Crippen LogP contribution in [0.3, 0.4) is 0 Å². The second-order valence-electron chi connectivity index (χ2n) is 6.73. The largest absolute Gasteiger partial charge is 0.325 e. The molecule has 2 N–H and O–H groups in total. The zero-order valence-electron chi connectivity index (χ0n) is 14.1. The Balaban J connectivity index is 1.92. The first kappa shape index (κ1) is 17.8. The summed E-state index contributed by atoms with van der Waals surface area (Å²) in [6.45, 7) is 1.02. The fourth-order valence-electron chi connectivity index (χ4n) is 3.89. The molecule has 0 aliphatic carbocycles. The molecule has 25 heavy (non-hydrogen) atoms. The lowest BCUT2D eigenvalue weighted by Crippen LogP contribution is -2.57. The summed E-state index contributed by atoms with van der Waals surface area (Å²) < 4.78 is 26.1. The van der Waals surface area contributed by atoms with Crippen LogP contribution >= 0.6 is 0 Å². The maximum Gasteiger partial charge on any atom is 0.325 e. The molecule has 1 aromatic rings. The third kappa shape index (κ3) is 3.51. The predicted octanol–water partition coefficient (Wildman–Crippen LogP) is 2.02. The fraction of sp³-hybridized carbons (Fsp3) is 0.556. The molecular formula is C18H23F2N3O2. The third-order valence-electron chi connectivity index (χ3n) is 5.13. The van der Waals surface area contributed by atoms with Crippen LogP contribution in [0, 0.1) is 11.7 Å². The molecule has 0 aromatic heterocycles. The molecule has 0 spiro atoms. The summed E-state index contributed by atoms with van der Waals surface area (Å²) in [7, 11) is 0. The number of alkyl halides is 1. The topological polar surface area (TPSA) is 61.4 Å². The molecule has 2 fully saturated rings. The molecule has 1 atom stereocenters. The number of hydrogen-bond acceptors (Lipinski definition) is 3. The van der Waals surface area contributed by atoms with Crippen molar-refractivity contribution in [3.8, 4) is 0 Å². The molecule has 0 saturated carbocycles. The van der Waals surface area contributed by atoms with Crippen molar-refractivity contribution in [3.05, 3.63) is 35.6 Å². The van der Waals surface area contributed by atoms with E-state index in [4.69, 9.17) is 0 Å². The quantitative estimate of drug-likeness (QED) is 0.771. The molecule has 2 aliphatic heterocycles. The number of piperidine rings is 1. The second kappa shape index (κ2) is 7.47. The van der Waals surface area contributed by atoms with Crippen molar-refractivity contribution < 1.29 is 18.4 Å². The standard InChI is InChI=1S/C18H23F2N3O2/c19-7-2-10-23-16(24)18(22-17(23)25,14-5-8-21-9-6-14)12-13-3-1-4-15(20)11-13/h1,3-4,11,14,21H,2,5-10,12H2,(H,22,25)/t18-/m1/s1. The van der Waals surface area contributed by atoms with Crippen molar-refractivity contribution in [1.82, 2.24) is 15.5 Å². The lowest BCUT2D eigenvalue weighted by atomic mass is 9.74. The first-order valence-electron chi connectivity index (χ1n) is 8.72. The highest BCUT2D eigenvalue weighted by atomic mass is 19.1. The molecule has 3 rings (SSSR count). The molecule has 0 unspecified atom stereocenters. The summed E-state index contributed by atoms with van der Waals surface area (Å²) in [5, 5.41) is 6.13. The summed E-state index contributed by atoms with van der Waals surface area (Å²) in [5.74, 6) is -0.727. The highest BCUT2D eigenvalue weighted by molar-refractivity contribution is 6.07. The van der Waals surface area contributed by atoms with E-state index >= 15 is 0 Å².